The quantitative estimate of drug-likeness (QED) is 0.340. The summed E-state index contributed by atoms with van der Waals surface area (Å²) in [4.78, 5) is 49.1. The van der Waals surface area contributed by atoms with Crippen LogP contribution in [0, 0.1) is 23.7 Å². The number of aliphatic hydroxyl groups is 1. The molecule has 3 aliphatic heterocycles. The molecule has 5 rings (SSSR count). The molecule has 230 valence electrons. The van der Waals surface area contributed by atoms with E-state index in [4.69, 9.17) is 0 Å². The van der Waals surface area contributed by atoms with Gasteiger partial charge < -0.3 is 19.8 Å². The van der Waals surface area contributed by atoms with Crippen molar-refractivity contribution in [1.29, 1.82) is 0 Å². The third-order valence-corrected chi connectivity index (χ3v) is 11.9. The summed E-state index contributed by atoms with van der Waals surface area (Å²) < 4.78 is -0.774. The van der Waals surface area contributed by atoms with Crippen LogP contribution in [0.5, 0.6) is 0 Å². The average molecular weight is 604 g/mol. The maximum atomic E-state index is 15.0. The molecule has 2 aromatic carbocycles. The van der Waals surface area contributed by atoms with E-state index in [1.54, 1.807) is 33.7 Å². The summed E-state index contributed by atoms with van der Waals surface area (Å²) in [5.74, 6) is -1.59. The fourth-order valence-electron chi connectivity index (χ4n) is 7.87. The average Bonchev–Trinajstić information content (AvgIpc) is 3.59. The summed E-state index contributed by atoms with van der Waals surface area (Å²) in [6, 6.07) is 12.6. The van der Waals surface area contributed by atoms with Crippen molar-refractivity contribution in [2.75, 3.05) is 31.1 Å². The molecule has 2 aromatic rings. The Bertz CT molecular complexity index is 1410. The molecule has 3 fully saturated rings. The summed E-state index contributed by atoms with van der Waals surface area (Å²) in [6.07, 6.45) is 5.01. The Labute approximate surface area is 260 Å². The summed E-state index contributed by atoms with van der Waals surface area (Å²) in [7, 11) is 0. The molecule has 7 nitrogen and oxygen atoms in total. The minimum atomic E-state index is -0.821. The van der Waals surface area contributed by atoms with Gasteiger partial charge in [0, 0.05) is 30.6 Å². The van der Waals surface area contributed by atoms with Crippen LogP contribution in [0.3, 0.4) is 0 Å². The van der Waals surface area contributed by atoms with Gasteiger partial charge >= 0.3 is 0 Å². The monoisotopic (exact) mass is 603 g/mol. The zero-order valence-corrected chi connectivity index (χ0v) is 26.6. The Hall–Kier alpha value is -3.10. The zero-order valence-electron chi connectivity index (χ0n) is 25.8. The van der Waals surface area contributed by atoms with E-state index in [2.05, 4.69) is 20.1 Å². The lowest BCUT2D eigenvalue weighted by Gasteiger charge is -2.43. The van der Waals surface area contributed by atoms with Gasteiger partial charge in [0.25, 0.3) is 5.91 Å². The second-order valence-electron chi connectivity index (χ2n) is 12.6. The van der Waals surface area contributed by atoms with Crippen LogP contribution in [0.1, 0.15) is 40.5 Å². The predicted molar refractivity (Wildman–Crippen MR) is 175 cm³/mol. The number of amides is 3. The molecule has 0 saturated carbocycles. The van der Waals surface area contributed by atoms with Crippen LogP contribution in [-0.2, 0) is 14.4 Å². The number of carbonyl (C=O) groups is 3. The number of hydrogen-bond acceptors (Lipinski definition) is 5. The van der Waals surface area contributed by atoms with Crippen LogP contribution >= 0.6 is 11.8 Å². The summed E-state index contributed by atoms with van der Waals surface area (Å²) >= 11 is 1.67. The van der Waals surface area contributed by atoms with Crippen molar-refractivity contribution in [2.45, 2.75) is 62.6 Å². The minimum Gasteiger partial charge on any atom is -0.394 e. The maximum Gasteiger partial charge on any atom is 0.251 e. The van der Waals surface area contributed by atoms with Crippen molar-refractivity contribution in [3.63, 3.8) is 0 Å². The number of carbonyl (C=O) groups excluding carboxylic acids is 3. The highest BCUT2D eigenvalue weighted by Crippen LogP contribution is 2.69. The van der Waals surface area contributed by atoms with Gasteiger partial charge in [-0.15, -0.1) is 24.9 Å². The lowest BCUT2D eigenvalue weighted by molar-refractivity contribution is -0.146. The summed E-state index contributed by atoms with van der Waals surface area (Å²) in [6.45, 7) is 16.9. The van der Waals surface area contributed by atoms with E-state index in [0.717, 1.165) is 29.3 Å². The zero-order chi connectivity index (χ0) is 31.1. The molecular formula is C35H45N3O4S. The maximum absolute atomic E-state index is 15.0. The molecule has 0 radical (unpaired) electrons. The molecule has 3 heterocycles. The molecule has 1 N–H and O–H groups in total. The van der Waals surface area contributed by atoms with Gasteiger partial charge in [-0.2, -0.15) is 0 Å². The number of thioether (sulfide) groups is 1. The van der Waals surface area contributed by atoms with Crippen molar-refractivity contribution < 1.29 is 19.5 Å². The first-order valence-electron chi connectivity index (χ1n) is 15.6. The number of aliphatic hydroxyl groups excluding tert-OH is 1. The standard InChI is InChI=1S/C35H45N3O4S/c1-7-16-36(17-8-2)32(40)29-28-19-23(6)35(43-28)30(29)33(41)38(27(21-39)22(4)5)31(35)34(42)37(18-9-3)26-15-14-24-12-10-11-13-25(24)20-26/h7,9-15,20,22-23,27-31,39H,1,3,8,16-19,21H2,2,4-6H3/t23?,27-,28-,29+,30-,31?,35?/m0/s1. The first-order chi connectivity index (χ1) is 20.7. The molecule has 3 amide bonds. The van der Waals surface area contributed by atoms with E-state index in [0.29, 0.717) is 13.1 Å². The van der Waals surface area contributed by atoms with Crippen LogP contribution in [0.25, 0.3) is 10.8 Å². The van der Waals surface area contributed by atoms with Crippen LogP contribution in [0.2, 0.25) is 0 Å². The number of benzene rings is 2. The lowest BCUT2D eigenvalue weighted by atomic mass is 9.65. The minimum absolute atomic E-state index is 0.0259. The van der Waals surface area contributed by atoms with Gasteiger partial charge in [0.15, 0.2) is 0 Å². The predicted octanol–water partition coefficient (Wildman–Crippen LogP) is 5.14. The number of rotatable bonds is 12. The van der Waals surface area contributed by atoms with Crippen molar-refractivity contribution in [3.8, 4) is 0 Å². The van der Waals surface area contributed by atoms with Gasteiger partial charge in [-0.3, -0.25) is 14.4 Å². The second kappa shape index (κ2) is 12.5. The van der Waals surface area contributed by atoms with Crippen LogP contribution < -0.4 is 4.90 Å². The Morgan fingerprint density at radius 1 is 1.12 bits per heavy atom. The van der Waals surface area contributed by atoms with Crippen LogP contribution in [-0.4, -0.2) is 80.9 Å². The topological polar surface area (TPSA) is 81.2 Å². The molecular weight excluding hydrogens is 558 g/mol. The van der Waals surface area contributed by atoms with E-state index in [1.807, 2.05) is 68.1 Å². The summed E-state index contributed by atoms with van der Waals surface area (Å²) in [5.41, 5.74) is 0.735. The van der Waals surface area contributed by atoms with E-state index in [9.17, 15) is 14.7 Å². The van der Waals surface area contributed by atoms with E-state index >= 15 is 4.79 Å². The smallest absolute Gasteiger partial charge is 0.251 e. The number of likely N-dealkylation sites (tertiary alicyclic amines) is 1. The van der Waals surface area contributed by atoms with Crippen LogP contribution in [0.4, 0.5) is 5.69 Å². The Balaban J connectivity index is 1.64. The highest BCUT2D eigenvalue weighted by molar-refractivity contribution is 8.02. The number of anilines is 1. The summed E-state index contributed by atoms with van der Waals surface area (Å²) in [5, 5.41) is 12.7. The normalized spacial score (nSPS) is 28.3. The molecule has 2 bridgehead atoms. The first kappa shape index (κ1) is 31.3. The van der Waals surface area contributed by atoms with Gasteiger partial charge in [0.2, 0.25) is 11.8 Å². The van der Waals surface area contributed by atoms with Gasteiger partial charge in [-0.1, -0.05) is 70.2 Å². The molecule has 0 aliphatic carbocycles. The van der Waals surface area contributed by atoms with E-state index < -0.39 is 28.7 Å². The molecule has 3 unspecified atom stereocenters. The lowest BCUT2D eigenvalue weighted by Crippen LogP contribution is -2.60. The first-order valence-corrected chi connectivity index (χ1v) is 16.5. The fraction of sp³-hybridized carbons (Fsp3) is 0.514. The van der Waals surface area contributed by atoms with Gasteiger partial charge in [-0.05, 0) is 47.6 Å². The van der Waals surface area contributed by atoms with E-state index in [1.165, 1.54) is 0 Å². The van der Waals surface area contributed by atoms with Crippen molar-refractivity contribution in [2.24, 2.45) is 23.7 Å². The Morgan fingerprint density at radius 3 is 2.44 bits per heavy atom. The second-order valence-corrected chi connectivity index (χ2v) is 14.2. The Morgan fingerprint density at radius 2 is 1.81 bits per heavy atom. The Kier molecular flexibility index (Phi) is 9.10. The highest BCUT2D eigenvalue weighted by Gasteiger charge is 2.77. The number of hydrogen-bond donors (Lipinski definition) is 1. The molecule has 7 atom stereocenters. The van der Waals surface area contributed by atoms with Crippen LogP contribution in [0.15, 0.2) is 67.8 Å². The van der Waals surface area contributed by atoms with E-state index in [-0.39, 0.29) is 48.0 Å². The molecule has 0 aromatic heterocycles. The molecule has 8 heteroatoms. The van der Waals surface area contributed by atoms with Crippen molar-refractivity contribution >= 4 is 45.9 Å². The fourth-order valence-corrected chi connectivity index (χ4v) is 10.3. The molecule has 1 spiro atoms. The largest absolute Gasteiger partial charge is 0.394 e. The van der Waals surface area contributed by atoms with Crippen molar-refractivity contribution in [3.05, 3.63) is 67.8 Å². The molecule has 43 heavy (non-hydrogen) atoms. The number of nitrogens with zero attached hydrogens (tertiary/aromatic N) is 3. The SMILES string of the molecule is C=CCN(CCC)C(=O)[C@@H]1[C@@H]2CC(C)C3(S2)C(C(=O)N(CC=C)c2ccc4ccccc4c2)N([C@@H](CO)C(C)C)C(=O)[C@H]13. The highest BCUT2D eigenvalue weighted by atomic mass is 32.2. The molecule has 3 saturated heterocycles. The third kappa shape index (κ3) is 5.00. The van der Waals surface area contributed by atoms with Crippen molar-refractivity contribution in [1.82, 2.24) is 9.80 Å². The molecule has 3 aliphatic rings. The van der Waals surface area contributed by atoms with Gasteiger partial charge in [0.1, 0.15) is 6.04 Å². The van der Waals surface area contributed by atoms with Gasteiger partial charge in [0.05, 0.1) is 29.2 Å². The van der Waals surface area contributed by atoms with Gasteiger partial charge in [-0.25, -0.2) is 0 Å². The third-order valence-electron chi connectivity index (χ3n) is 9.79. The number of fused-ring (bicyclic) bond motifs is 2.